The van der Waals surface area contributed by atoms with Crippen LogP contribution in [0.3, 0.4) is 0 Å². The van der Waals surface area contributed by atoms with E-state index in [-0.39, 0.29) is 12.6 Å². The number of hydrogen-bond donors (Lipinski definition) is 1. The number of aliphatic hydroxyl groups is 1. The summed E-state index contributed by atoms with van der Waals surface area (Å²) in [6.45, 7) is 6.05. The molecule has 1 atom stereocenters. The van der Waals surface area contributed by atoms with E-state index >= 15 is 0 Å². The van der Waals surface area contributed by atoms with E-state index < -0.39 is 6.10 Å². The Balaban J connectivity index is 2.20. The van der Waals surface area contributed by atoms with E-state index in [4.69, 9.17) is 9.47 Å². The zero-order valence-corrected chi connectivity index (χ0v) is 12.8. The van der Waals surface area contributed by atoms with E-state index in [1.165, 1.54) is 6.33 Å². The SMILES string of the molecule is COc1ccc(C(C)O)c(OCc2ncnn2C(C)C)c1. The van der Waals surface area contributed by atoms with Crippen molar-refractivity contribution in [3.05, 3.63) is 35.9 Å². The molecule has 0 fully saturated rings. The molecule has 6 heteroatoms. The number of rotatable bonds is 6. The van der Waals surface area contributed by atoms with Crippen LogP contribution in [0.15, 0.2) is 24.5 Å². The summed E-state index contributed by atoms with van der Waals surface area (Å²) in [4.78, 5) is 4.20. The van der Waals surface area contributed by atoms with Gasteiger partial charge in [0, 0.05) is 17.7 Å². The van der Waals surface area contributed by atoms with Crippen LogP contribution >= 0.6 is 0 Å². The number of aliphatic hydroxyl groups excluding tert-OH is 1. The highest BCUT2D eigenvalue weighted by molar-refractivity contribution is 5.41. The summed E-state index contributed by atoms with van der Waals surface area (Å²) in [6, 6.07) is 5.57. The molecule has 0 radical (unpaired) electrons. The van der Waals surface area contributed by atoms with Crippen LogP contribution in [0, 0.1) is 0 Å². The van der Waals surface area contributed by atoms with Gasteiger partial charge in [0.25, 0.3) is 0 Å². The fourth-order valence-corrected chi connectivity index (χ4v) is 2.06. The Bertz CT molecular complexity index is 594. The van der Waals surface area contributed by atoms with Crippen LogP contribution in [0.4, 0.5) is 0 Å². The van der Waals surface area contributed by atoms with Gasteiger partial charge in [-0.1, -0.05) is 0 Å². The second-order valence-corrected chi connectivity index (χ2v) is 5.08. The van der Waals surface area contributed by atoms with Crippen molar-refractivity contribution >= 4 is 0 Å². The number of hydrogen-bond acceptors (Lipinski definition) is 5. The summed E-state index contributed by atoms with van der Waals surface area (Å²) >= 11 is 0. The average Bonchev–Trinajstić information content (AvgIpc) is 2.93. The Morgan fingerprint density at radius 1 is 1.29 bits per heavy atom. The van der Waals surface area contributed by atoms with Crippen LogP contribution in [0.1, 0.15) is 44.3 Å². The predicted molar refractivity (Wildman–Crippen MR) is 78.4 cm³/mol. The molecular weight excluding hydrogens is 270 g/mol. The molecule has 0 spiro atoms. The van der Waals surface area contributed by atoms with Crippen molar-refractivity contribution in [1.29, 1.82) is 0 Å². The van der Waals surface area contributed by atoms with Crippen molar-refractivity contribution in [3.63, 3.8) is 0 Å². The van der Waals surface area contributed by atoms with E-state index in [1.54, 1.807) is 32.2 Å². The van der Waals surface area contributed by atoms with Crippen molar-refractivity contribution in [2.24, 2.45) is 0 Å². The molecule has 1 aromatic heterocycles. The molecule has 0 saturated carbocycles. The molecular formula is C15H21N3O3. The highest BCUT2D eigenvalue weighted by Crippen LogP contribution is 2.30. The zero-order valence-electron chi connectivity index (χ0n) is 12.8. The maximum Gasteiger partial charge on any atom is 0.165 e. The molecule has 1 heterocycles. The van der Waals surface area contributed by atoms with Gasteiger partial charge in [-0.2, -0.15) is 5.10 Å². The normalized spacial score (nSPS) is 12.5. The van der Waals surface area contributed by atoms with E-state index in [2.05, 4.69) is 10.1 Å². The topological polar surface area (TPSA) is 69.4 Å². The van der Waals surface area contributed by atoms with E-state index in [0.717, 1.165) is 5.82 Å². The van der Waals surface area contributed by atoms with Gasteiger partial charge >= 0.3 is 0 Å². The summed E-state index contributed by atoms with van der Waals surface area (Å²) in [5, 5.41) is 14.0. The Kier molecular flexibility index (Phi) is 4.80. The van der Waals surface area contributed by atoms with Gasteiger partial charge in [0.15, 0.2) is 5.82 Å². The van der Waals surface area contributed by atoms with E-state index in [0.29, 0.717) is 17.1 Å². The monoisotopic (exact) mass is 291 g/mol. The van der Waals surface area contributed by atoms with Crippen molar-refractivity contribution in [2.45, 2.75) is 39.5 Å². The molecule has 0 bridgehead atoms. The van der Waals surface area contributed by atoms with Gasteiger partial charge in [-0.05, 0) is 32.9 Å². The first-order valence-corrected chi connectivity index (χ1v) is 6.90. The summed E-state index contributed by atoms with van der Waals surface area (Å²) < 4.78 is 12.8. The van der Waals surface area contributed by atoms with Crippen LogP contribution in [-0.4, -0.2) is 27.0 Å². The zero-order chi connectivity index (χ0) is 15.4. The lowest BCUT2D eigenvalue weighted by Crippen LogP contribution is -2.11. The van der Waals surface area contributed by atoms with Gasteiger partial charge < -0.3 is 14.6 Å². The molecule has 114 valence electrons. The maximum atomic E-state index is 9.81. The molecule has 0 aliphatic rings. The third-order valence-electron chi connectivity index (χ3n) is 3.16. The first kappa shape index (κ1) is 15.3. The minimum absolute atomic E-state index is 0.215. The Morgan fingerprint density at radius 3 is 2.67 bits per heavy atom. The summed E-state index contributed by atoms with van der Waals surface area (Å²) in [6.07, 6.45) is 0.897. The first-order chi connectivity index (χ1) is 10.0. The Labute approximate surface area is 124 Å². The first-order valence-electron chi connectivity index (χ1n) is 6.90. The van der Waals surface area contributed by atoms with Crippen molar-refractivity contribution < 1.29 is 14.6 Å². The van der Waals surface area contributed by atoms with Crippen LogP contribution in [0.25, 0.3) is 0 Å². The van der Waals surface area contributed by atoms with Gasteiger partial charge in [-0.25, -0.2) is 9.67 Å². The Hall–Kier alpha value is -2.08. The van der Waals surface area contributed by atoms with Crippen LogP contribution in [-0.2, 0) is 6.61 Å². The molecule has 0 aliphatic heterocycles. The summed E-state index contributed by atoms with van der Waals surface area (Å²) in [5.74, 6) is 2.01. The predicted octanol–water partition coefficient (Wildman–Crippen LogP) is 2.50. The van der Waals surface area contributed by atoms with Crippen molar-refractivity contribution in [2.75, 3.05) is 7.11 Å². The Morgan fingerprint density at radius 2 is 2.05 bits per heavy atom. The second-order valence-electron chi connectivity index (χ2n) is 5.08. The van der Waals surface area contributed by atoms with Gasteiger partial charge in [0.05, 0.1) is 13.2 Å². The molecule has 0 aliphatic carbocycles. The maximum absolute atomic E-state index is 9.81. The molecule has 21 heavy (non-hydrogen) atoms. The smallest absolute Gasteiger partial charge is 0.165 e. The highest BCUT2D eigenvalue weighted by Gasteiger charge is 2.13. The molecule has 6 nitrogen and oxygen atoms in total. The lowest BCUT2D eigenvalue weighted by Gasteiger charge is -2.15. The van der Waals surface area contributed by atoms with Crippen LogP contribution < -0.4 is 9.47 Å². The molecule has 1 aromatic carbocycles. The lowest BCUT2D eigenvalue weighted by molar-refractivity contribution is 0.188. The number of aromatic nitrogens is 3. The largest absolute Gasteiger partial charge is 0.497 e. The minimum Gasteiger partial charge on any atom is -0.497 e. The summed E-state index contributed by atoms with van der Waals surface area (Å²) in [5.41, 5.74) is 0.714. The molecule has 1 unspecified atom stereocenters. The second kappa shape index (κ2) is 6.58. The molecule has 2 rings (SSSR count). The average molecular weight is 291 g/mol. The lowest BCUT2D eigenvalue weighted by atomic mass is 10.1. The van der Waals surface area contributed by atoms with Gasteiger partial charge in [-0.3, -0.25) is 0 Å². The fourth-order valence-electron chi connectivity index (χ4n) is 2.06. The molecule has 1 N–H and O–H groups in total. The van der Waals surface area contributed by atoms with E-state index in [9.17, 15) is 5.11 Å². The minimum atomic E-state index is -0.617. The van der Waals surface area contributed by atoms with Crippen molar-refractivity contribution in [3.8, 4) is 11.5 Å². The standard InChI is InChI=1S/C15H21N3O3/c1-10(2)18-15(16-9-17-18)8-21-14-7-12(20-4)5-6-13(14)11(3)19/h5-7,9-11,19H,8H2,1-4H3. The third kappa shape index (κ3) is 3.52. The van der Waals surface area contributed by atoms with E-state index in [1.807, 2.05) is 18.5 Å². The van der Waals surface area contributed by atoms with Crippen LogP contribution in [0.5, 0.6) is 11.5 Å². The number of methoxy groups -OCH3 is 1. The molecule has 0 saturated heterocycles. The highest BCUT2D eigenvalue weighted by atomic mass is 16.5. The van der Waals surface area contributed by atoms with Gasteiger partial charge in [-0.15, -0.1) is 0 Å². The van der Waals surface area contributed by atoms with Gasteiger partial charge in [0.1, 0.15) is 24.4 Å². The molecule has 0 amide bonds. The number of ether oxygens (including phenoxy) is 2. The quantitative estimate of drug-likeness (QED) is 0.885. The number of nitrogens with zero attached hydrogens (tertiary/aromatic N) is 3. The number of benzene rings is 1. The van der Waals surface area contributed by atoms with Crippen molar-refractivity contribution in [1.82, 2.24) is 14.8 Å². The summed E-state index contributed by atoms with van der Waals surface area (Å²) in [7, 11) is 1.59. The van der Waals surface area contributed by atoms with Crippen LogP contribution in [0.2, 0.25) is 0 Å². The van der Waals surface area contributed by atoms with Gasteiger partial charge in [0.2, 0.25) is 0 Å². The fraction of sp³-hybridized carbons (Fsp3) is 0.467. The molecule has 2 aromatic rings. The third-order valence-corrected chi connectivity index (χ3v) is 3.16.